The Labute approximate surface area is 176 Å². The number of sulfonamides is 1. The molecule has 29 heavy (non-hydrogen) atoms. The Hall–Kier alpha value is -2.39. The predicted octanol–water partition coefficient (Wildman–Crippen LogP) is 2.64. The number of nitrogens with one attached hydrogen (secondary N) is 1. The number of ether oxygens (including phenoxy) is 1. The molecule has 154 valence electrons. The highest BCUT2D eigenvalue weighted by Gasteiger charge is 2.36. The van der Waals surface area contributed by atoms with Gasteiger partial charge in [0, 0.05) is 25.2 Å². The number of piperazine rings is 1. The van der Waals surface area contributed by atoms with Crippen LogP contribution in [-0.4, -0.2) is 49.2 Å². The van der Waals surface area contributed by atoms with Crippen molar-refractivity contribution in [1.82, 2.24) is 19.4 Å². The maximum atomic E-state index is 13.4. The van der Waals surface area contributed by atoms with Crippen molar-refractivity contribution in [2.24, 2.45) is 0 Å². The van der Waals surface area contributed by atoms with E-state index in [1.807, 2.05) is 54.6 Å². The maximum absolute atomic E-state index is 13.4. The standard InChI is InChI=1S/C20H22N4O3S.ClH/c1-27-20-10-6-5-9-18(20)19-14-21-11-12-24(19)28(25,26)17-13-22-23(15-17)16-7-3-2-4-8-16;/h2-10,13,15,19,21H,11-12,14H2,1H3;1H. The first kappa shape index (κ1) is 21.3. The van der Waals surface area contributed by atoms with Crippen LogP contribution in [0.4, 0.5) is 0 Å². The number of hydrogen-bond acceptors (Lipinski definition) is 5. The molecule has 7 nitrogen and oxygen atoms in total. The summed E-state index contributed by atoms with van der Waals surface area (Å²) >= 11 is 0. The summed E-state index contributed by atoms with van der Waals surface area (Å²) in [7, 11) is -2.12. The summed E-state index contributed by atoms with van der Waals surface area (Å²) in [6, 6.07) is 16.6. The lowest BCUT2D eigenvalue weighted by molar-refractivity contribution is 0.264. The number of hydrogen-bond donors (Lipinski definition) is 1. The first-order valence-corrected chi connectivity index (χ1v) is 10.5. The summed E-state index contributed by atoms with van der Waals surface area (Å²) in [5.41, 5.74) is 1.65. The van der Waals surface area contributed by atoms with Crippen molar-refractivity contribution in [2.45, 2.75) is 10.9 Å². The van der Waals surface area contributed by atoms with E-state index in [9.17, 15) is 8.42 Å². The second kappa shape index (κ2) is 8.96. The molecule has 0 saturated carbocycles. The van der Waals surface area contributed by atoms with E-state index in [0.29, 0.717) is 25.4 Å². The molecule has 0 spiro atoms. The number of rotatable bonds is 5. The number of methoxy groups -OCH3 is 1. The summed E-state index contributed by atoms with van der Waals surface area (Å²) in [6.45, 7) is 1.49. The van der Waals surface area contributed by atoms with Crippen molar-refractivity contribution < 1.29 is 13.2 Å². The van der Waals surface area contributed by atoms with Crippen LogP contribution in [0.3, 0.4) is 0 Å². The number of benzene rings is 2. The van der Waals surface area contributed by atoms with Gasteiger partial charge in [-0.1, -0.05) is 36.4 Å². The summed E-state index contributed by atoms with van der Waals surface area (Å²) in [4.78, 5) is 0.179. The zero-order chi connectivity index (χ0) is 19.6. The van der Waals surface area contributed by atoms with E-state index in [4.69, 9.17) is 4.74 Å². The van der Waals surface area contributed by atoms with Crippen LogP contribution in [0.25, 0.3) is 5.69 Å². The number of halogens is 1. The Bertz CT molecular complexity index is 1060. The van der Waals surface area contributed by atoms with Crippen LogP contribution in [0.2, 0.25) is 0 Å². The van der Waals surface area contributed by atoms with Crippen LogP contribution in [0.5, 0.6) is 5.75 Å². The van der Waals surface area contributed by atoms with E-state index in [-0.39, 0.29) is 23.3 Å². The van der Waals surface area contributed by atoms with Crippen molar-refractivity contribution in [3.05, 3.63) is 72.6 Å². The first-order valence-electron chi connectivity index (χ1n) is 9.07. The maximum Gasteiger partial charge on any atom is 0.246 e. The Kier molecular flexibility index (Phi) is 6.59. The molecule has 2 heterocycles. The highest BCUT2D eigenvalue weighted by molar-refractivity contribution is 7.89. The summed E-state index contributed by atoms with van der Waals surface area (Å²) < 4.78 is 35.4. The largest absolute Gasteiger partial charge is 0.496 e. The molecular formula is C20H23ClN4O3S. The highest BCUT2D eigenvalue weighted by atomic mass is 35.5. The minimum atomic E-state index is -3.72. The number of aromatic nitrogens is 2. The van der Waals surface area contributed by atoms with Crippen molar-refractivity contribution in [3.63, 3.8) is 0 Å². The van der Waals surface area contributed by atoms with Gasteiger partial charge in [0.2, 0.25) is 10.0 Å². The Morgan fingerprint density at radius 3 is 2.59 bits per heavy atom. The fourth-order valence-corrected chi connectivity index (χ4v) is 5.02. The normalized spacial score (nSPS) is 17.5. The molecular weight excluding hydrogens is 412 g/mol. The van der Waals surface area contributed by atoms with Crippen molar-refractivity contribution in [2.75, 3.05) is 26.7 Å². The summed E-state index contributed by atoms with van der Waals surface area (Å²) in [5.74, 6) is 0.677. The van der Waals surface area contributed by atoms with E-state index in [1.54, 1.807) is 18.0 Å². The average Bonchev–Trinajstić information content (AvgIpc) is 3.25. The van der Waals surface area contributed by atoms with Crippen molar-refractivity contribution in [3.8, 4) is 11.4 Å². The third-order valence-corrected chi connectivity index (χ3v) is 6.74. The van der Waals surface area contributed by atoms with Gasteiger partial charge in [0.1, 0.15) is 10.6 Å². The molecule has 1 N–H and O–H groups in total. The molecule has 0 aliphatic carbocycles. The molecule has 0 radical (unpaired) electrons. The molecule has 1 aromatic heterocycles. The Balaban J connectivity index is 0.00000240. The van der Waals surface area contributed by atoms with Crippen molar-refractivity contribution >= 4 is 22.4 Å². The van der Waals surface area contributed by atoms with E-state index < -0.39 is 10.0 Å². The fourth-order valence-electron chi connectivity index (χ4n) is 3.48. The van der Waals surface area contributed by atoms with Gasteiger partial charge in [-0.15, -0.1) is 12.4 Å². The van der Waals surface area contributed by atoms with Gasteiger partial charge in [-0.05, 0) is 18.2 Å². The molecule has 3 aromatic rings. The lowest BCUT2D eigenvalue weighted by atomic mass is 10.0. The second-order valence-corrected chi connectivity index (χ2v) is 8.42. The lowest BCUT2D eigenvalue weighted by Gasteiger charge is -2.35. The quantitative estimate of drug-likeness (QED) is 0.668. The van der Waals surface area contributed by atoms with E-state index in [0.717, 1.165) is 11.3 Å². The van der Waals surface area contributed by atoms with E-state index in [2.05, 4.69) is 10.4 Å². The monoisotopic (exact) mass is 434 g/mol. The molecule has 1 fully saturated rings. The Morgan fingerprint density at radius 2 is 1.83 bits per heavy atom. The van der Waals surface area contributed by atoms with Crippen LogP contribution in [-0.2, 0) is 10.0 Å². The molecule has 4 rings (SSSR count). The van der Waals surface area contributed by atoms with Crippen LogP contribution >= 0.6 is 12.4 Å². The van der Waals surface area contributed by atoms with Gasteiger partial charge in [-0.2, -0.15) is 9.40 Å². The third kappa shape index (κ3) is 4.16. The van der Waals surface area contributed by atoms with E-state index >= 15 is 0 Å². The molecule has 9 heteroatoms. The second-order valence-electron chi connectivity index (χ2n) is 6.53. The number of nitrogens with zero attached hydrogens (tertiary/aromatic N) is 3. The molecule has 1 aliphatic rings. The van der Waals surface area contributed by atoms with Gasteiger partial charge in [0.25, 0.3) is 0 Å². The van der Waals surface area contributed by atoms with Crippen LogP contribution in [0.1, 0.15) is 11.6 Å². The van der Waals surface area contributed by atoms with Crippen LogP contribution in [0.15, 0.2) is 71.9 Å². The van der Waals surface area contributed by atoms with Gasteiger partial charge < -0.3 is 10.1 Å². The molecule has 0 bridgehead atoms. The zero-order valence-corrected chi connectivity index (χ0v) is 17.6. The van der Waals surface area contributed by atoms with Crippen LogP contribution in [0, 0.1) is 0 Å². The van der Waals surface area contributed by atoms with Crippen molar-refractivity contribution in [1.29, 1.82) is 0 Å². The topological polar surface area (TPSA) is 76.5 Å². The summed E-state index contributed by atoms with van der Waals surface area (Å²) in [5, 5.41) is 7.54. The van der Waals surface area contributed by atoms with Gasteiger partial charge in [0.05, 0.1) is 31.2 Å². The van der Waals surface area contributed by atoms with E-state index in [1.165, 1.54) is 10.5 Å². The van der Waals surface area contributed by atoms with Gasteiger partial charge in [-0.25, -0.2) is 13.1 Å². The molecule has 1 atom stereocenters. The molecule has 1 aliphatic heterocycles. The SMILES string of the molecule is COc1ccccc1C1CNCCN1S(=O)(=O)c1cnn(-c2ccccc2)c1.Cl. The highest BCUT2D eigenvalue weighted by Crippen LogP contribution is 2.33. The molecule has 0 amide bonds. The van der Waals surface area contributed by atoms with Crippen LogP contribution < -0.4 is 10.1 Å². The van der Waals surface area contributed by atoms with Gasteiger partial charge in [-0.3, -0.25) is 0 Å². The average molecular weight is 435 g/mol. The minimum Gasteiger partial charge on any atom is -0.496 e. The first-order chi connectivity index (χ1) is 13.6. The molecule has 1 saturated heterocycles. The molecule has 1 unspecified atom stereocenters. The smallest absolute Gasteiger partial charge is 0.246 e. The lowest BCUT2D eigenvalue weighted by Crippen LogP contribution is -2.48. The third-order valence-electron chi connectivity index (χ3n) is 4.88. The fraction of sp³-hybridized carbons (Fsp3) is 0.250. The number of para-hydroxylation sites is 2. The predicted molar refractivity (Wildman–Crippen MR) is 113 cm³/mol. The Morgan fingerprint density at radius 1 is 1.10 bits per heavy atom. The molecule has 2 aromatic carbocycles. The minimum absolute atomic E-state index is 0. The summed E-state index contributed by atoms with van der Waals surface area (Å²) in [6.07, 6.45) is 2.97. The zero-order valence-electron chi connectivity index (χ0n) is 15.9. The van der Waals surface area contributed by atoms with Gasteiger partial charge >= 0.3 is 0 Å². The van der Waals surface area contributed by atoms with Gasteiger partial charge in [0.15, 0.2) is 0 Å².